The second-order valence-corrected chi connectivity index (χ2v) is 6.53. The van der Waals surface area contributed by atoms with Gasteiger partial charge in [0.05, 0.1) is 0 Å². The van der Waals surface area contributed by atoms with Crippen LogP contribution in [0.25, 0.3) is 11.1 Å². The Balaban J connectivity index is 1.73. The Morgan fingerprint density at radius 3 is 2.32 bits per heavy atom. The van der Waals surface area contributed by atoms with Gasteiger partial charge in [-0.3, -0.25) is 4.79 Å². The van der Waals surface area contributed by atoms with E-state index in [1.54, 1.807) is 12.2 Å². The van der Waals surface area contributed by atoms with Crippen LogP contribution in [0, 0.1) is 5.92 Å². The summed E-state index contributed by atoms with van der Waals surface area (Å²) in [6, 6.07) is 19.1. The molecule has 0 saturated carbocycles. The third-order valence-corrected chi connectivity index (χ3v) is 3.84. The Morgan fingerprint density at radius 1 is 0.960 bits per heavy atom. The number of amides is 1. The molecule has 0 aliphatic heterocycles. The van der Waals surface area contributed by atoms with E-state index in [-0.39, 0.29) is 5.91 Å². The first kappa shape index (κ1) is 18.7. The molecule has 0 heterocycles. The van der Waals surface area contributed by atoms with E-state index in [4.69, 9.17) is 0 Å². The predicted molar refractivity (Wildman–Crippen MR) is 106 cm³/mol. The summed E-state index contributed by atoms with van der Waals surface area (Å²) in [5.74, 6) is 0.441. The summed E-state index contributed by atoms with van der Waals surface area (Å²) >= 11 is 0. The van der Waals surface area contributed by atoms with E-state index in [0.717, 1.165) is 12.8 Å². The monoisotopic (exact) mass is 333 g/mol. The number of hydrogen-bond acceptors (Lipinski definition) is 1. The molecule has 0 saturated heterocycles. The molecule has 2 rings (SSSR count). The van der Waals surface area contributed by atoms with Crippen LogP contribution in [0.5, 0.6) is 0 Å². The molecular formula is C23H27NO. The molecule has 0 aromatic heterocycles. The van der Waals surface area contributed by atoms with Gasteiger partial charge in [-0.2, -0.15) is 0 Å². The van der Waals surface area contributed by atoms with Crippen LogP contribution in [0.2, 0.25) is 0 Å². The fourth-order valence-corrected chi connectivity index (χ4v) is 2.43. The number of hydrogen-bond donors (Lipinski definition) is 1. The molecule has 1 amide bonds. The quantitative estimate of drug-likeness (QED) is 0.524. The molecule has 2 heteroatoms. The van der Waals surface area contributed by atoms with E-state index in [1.165, 1.54) is 16.7 Å². The number of benzene rings is 2. The maximum atomic E-state index is 11.5. The normalized spacial score (nSPS) is 11.5. The zero-order valence-electron chi connectivity index (χ0n) is 15.1. The molecule has 0 atom stereocenters. The maximum absolute atomic E-state index is 11.5. The number of carbonyl (C=O) groups excluding carboxylic acids is 1. The van der Waals surface area contributed by atoms with E-state index in [0.29, 0.717) is 12.5 Å². The first-order valence-corrected chi connectivity index (χ1v) is 8.90. The second-order valence-electron chi connectivity index (χ2n) is 6.53. The Kier molecular flexibility index (Phi) is 7.71. The molecule has 0 aliphatic rings. The SMILES string of the molecule is CC(C)CNC(=O)/C=C/C=CCCc1ccc(-c2ccccc2)cc1. The molecule has 0 radical (unpaired) electrons. The fourth-order valence-electron chi connectivity index (χ4n) is 2.43. The Hall–Kier alpha value is -2.61. The van der Waals surface area contributed by atoms with Crippen LogP contribution >= 0.6 is 0 Å². The molecular weight excluding hydrogens is 306 g/mol. The molecule has 0 fully saturated rings. The summed E-state index contributed by atoms with van der Waals surface area (Å²) < 4.78 is 0. The summed E-state index contributed by atoms with van der Waals surface area (Å²) in [6.07, 6.45) is 9.37. The molecule has 2 aromatic carbocycles. The maximum Gasteiger partial charge on any atom is 0.243 e. The highest BCUT2D eigenvalue weighted by atomic mass is 16.1. The molecule has 25 heavy (non-hydrogen) atoms. The summed E-state index contributed by atoms with van der Waals surface area (Å²) in [7, 11) is 0. The molecule has 0 bridgehead atoms. The Bertz CT molecular complexity index is 697. The van der Waals surface area contributed by atoms with Crippen molar-refractivity contribution in [3.05, 3.63) is 84.5 Å². The lowest BCUT2D eigenvalue weighted by atomic mass is 10.0. The highest BCUT2D eigenvalue weighted by Gasteiger charge is 1.97. The van der Waals surface area contributed by atoms with Crippen molar-refractivity contribution in [2.24, 2.45) is 5.92 Å². The van der Waals surface area contributed by atoms with Crippen LogP contribution in [-0.4, -0.2) is 12.5 Å². The van der Waals surface area contributed by atoms with E-state index < -0.39 is 0 Å². The van der Waals surface area contributed by atoms with Crippen molar-refractivity contribution in [3.8, 4) is 11.1 Å². The number of aryl methyl sites for hydroxylation is 1. The van der Waals surface area contributed by atoms with E-state index in [9.17, 15) is 4.79 Å². The average Bonchev–Trinajstić information content (AvgIpc) is 2.64. The second kappa shape index (κ2) is 10.3. The van der Waals surface area contributed by atoms with Crippen molar-refractivity contribution < 1.29 is 4.79 Å². The first-order chi connectivity index (χ1) is 12.1. The fraction of sp³-hybridized carbons (Fsp3) is 0.261. The van der Waals surface area contributed by atoms with Gasteiger partial charge in [0.15, 0.2) is 0 Å². The van der Waals surface area contributed by atoms with Crippen molar-refractivity contribution in [1.82, 2.24) is 5.32 Å². The van der Waals surface area contributed by atoms with Crippen LogP contribution in [0.4, 0.5) is 0 Å². The minimum atomic E-state index is -0.0325. The predicted octanol–water partition coefficient (Wildman–Crippen LogP) is 5.17. The van der Waals surface area contributed by atoms with Gasteiger partial charge in [-0.1, -0.05) is 86.7 Å². The standard InChI is InChI=1S/C23H27NO/c1-19(2)18-24-23(25)13-9-4-3-6-10-20-14-16-22(17-15-20)21-11-7-5-8-12-21/h3-5,7-9,11-17,19H,6,10,18H2,1-2H3,(H,24,25)/b4-3?,13-9+. The van der Waals surface area contributed by atoms with Crippen LogP contribution < -0.4 is 5.32 Å². The van der Waals surface area contributed by atoms with Crippen molar-refractivity contribution in [2.75, 3.05) is 6.54 Å². The van der Waals surface area contributed by atoms with Crippen molar-refractivity contribution in [3.63, 3.8) is 0 Å². The summed E-state index contributed by atoms with van der Waals surface area (Å²) in [5, 5.41) is 2.86. The van der Waals surface area contributed by atoms with Gasteiger partial charge in [-0.05, 0) is 35.4 Å². The Morgan fingerprint density at radius 2 is 1.64 bits per heavy atom. The van der Waals surface area contributed by atoms with Gasteiger partial charge in [0.2, 0.25) is 5.91 Å². The highest BCUT2D eigenvalue weighted by molar-refractivity contribution is 5.87. The van der Waals surface area contributed by atoms with E-state index in [2.05, 4.69) is 73.8 Å². The van der Waals surface area contributed by atoms with Gasteiger partial charge < -0.3 is 5.32 Å². The molecule has 0 unspecified atom stereocenters. The molecule has 2 aromatic rings. The van der Waals surface area contributed by atoms with Crippen LogP contribution in [-0.2, 0) is 11.2 Å². The third kappa shape index (κ3) is 7.21. The van der Waals surface area contributed by atoms with Crippen LogP contribution in [0.1, 0.15) is 25.8 Å². The molecule has 130 valence electrons. The topological polar surface area (TPSA) is 29.1 Å². The smallest absolute Gasteiger partial charge is 0.243 e. The summed E-state index contributed by atoms with van der Waals surface area (Å²) in [6.45, 7) is 4.87. The number of carbonyl (C=O) groups is 1. The van der Waals surface area contributed by atoms with Gasteiger partial charge in [0, 0.05) is 12.6 Å². The summed E-state index contributed by atoms with van der Waals surface area (Å²) in [4.78, 5) is 11.5. The number of allylic oxidation sites excluding steroid dienone is 3. The van der Waals surface area contributed by atoms with E-state index >= 15 is 0 Å². The molecule has 0 spiro atoms. The zero-order valence-corrected chi connectivity index (χ0v) is 15.1. The average molecular weight is 333 g/mol. The van der Waals surface area contributed by atoms with Crippen molar-refractivity contribution in [2.45, 2.75) is 26.7 Å². The largest absolute Gasteiger partial charge is 0.352 e. The number of nitrogens with one attached hydrogen (secondary N) is 1. The first-order valence-electron chi connectivity index (χ1n) is 8.90. The zero-order chi connectivity index (χ0) is 17.9. The van der Waals surface area contributed by atoms with Gasteiger partial charge in [-0.15, -0.1) is 0 Å². The highest BCUT2D eigenvalue weighted by Crippen LogP contribution is 2.19. The summed E-state index contributed by atoms with van der Waals surface area (Å²) in [5.41, 5.74) is 3.81. The van der Waals surface area contributed by atoms with Gasteiger partial charge in [-0.25, -0.2) is 0 Å². The van der Waals surface area contributed by atoms with Crippen molar-refractivity contribution >= 4 is 5.91 Å². The minimum Gasteiger partial charge on any atom is -0.352 e. The minimum absolute atomic E-state index is 0.0325. The van der Waals surface area contributed by atoms with E-state index in [1.807, 2.05) is 12.1 Å². The van der Waals surface area contributed by atoms with Crippen LogP contribution in [0.3, 0.4) is 0 Å². The molecule has 1 N–H and O–H groups in total. The van der Waals surface area contributed by atoms with Gasteiger partial charge in [0.25, 0.3) is 0 Å². The lowest BCUT2D eigenvalue weighted by Crippen LogP contribution is -2.25. The van der Waals surface area contributed by atoms with Gasteiger partial charge in [0.1, 0.15) is 0 Å². The Labute approximate surface area is 151 Å². The van der Waals surface area contributed by atoms with Crippen molar-refractivity contribution in [1.29, 1.82) is 0 Å². The lowest BCUT2D eigenvalue weighted by Gasteiger charge is -2.04. The van der Waals surface area contributed by atoms with Crippen LogP contribution in [0.15, 0.2) is 78.9 Å². The lowest BCUT2D eigenvalue weighted by molar-refractivity contribution is -0.116. The molecule has 0 aliphatic carbocycles. The molecule has 2 nitrogen and oxygen atoms in total. The third-order valence-electron chi connectivity index (χ3n) is 3.84. The van der Waals surface area contributed by atoms with Gasteiger partial charge >= 0.3 is 0 Å². The number of rotatable bonds is 8.